The van der Waals surface area contributed by atoms with E-state index in [1.165, 1.54) is 5.56 Å². The third-order valence-electron chi connectivity index (χ3n) is 5.53. The number of carbonyl (C=O) groups excluding carboxylic acids is 1. The van der Waals surface area contributed by atoms with Gasteiger partial charge in [0.2, 0.25) is 12.7 Å². The number of nitrogens with one attached hydrogen (secondary N) is 1. The molecule has 0 bridgehead atoms. The van der Waals surface area contributed by atoms with Crippen LogP contribution in [-0.2, 0) is 11.3 Å². The predicted molar refractivity (Wildman–Crippen MR) is 106 cm³/mol. The maximum atomic E-state index is 11.8. The molecule has 5 rings (SSSR count). The summed E-state index contributed by atoms with van der Waals surface area (Å²) in [5.74, 6) is 2.60. The van der Waals surface area contributed by atoms with Crippen molar-refractivity contribution < 1.29 is 14.3 Å². The summed E-state index contributed by atoms with van der Waals surface area (Å²) < 4.78 is 10.9. The highest BCUT2D eigenvalue weighted by Crippen LogP contribution is 2.33. The van der Waals surface area contributed by atoms with E-state index in [4.69, 9.17) is 9.47 Å². The number of fused-ring (bicyclic) bond motifs is 1. The maximum absolute atomic E-state index is 11.8. The van der Waals surface area contributed by atoms with Gasteiger partial charge in [-0.05, 0) is 42.7 Å². The molecular weight excluding hydrogens is 356 g/mol. The molecule has 2 aromatic rings. The van der Waals surface area contributed by atoms with Crippen LogP contribution in [0.1, 0.15) is 18.4 Å². The molecule has 7 nitrogen and oxygen atoms in total. The first-order valence-electron chi connectivity index (χ1n) is 9.87. The number of pyridine rings is 1. The van der Waals surface area contributed by atoms with Crippen LogP contribution in [0, 0.1) is 5.92 Å². The zero-order valence-electron chi connectivity index (χ0n) is 15.8. The normalized spacial score (nSPS) is 18.9. The molecule has 1 saturated carbocycles. The van der Waals surface area contributed by atoms with Crippen LogP contribution in [0.15, 0.2) is 36.5 Å². The van der Waals surface area contributed by atoms with Gasteiger partial charge in [0.25, 0.3) is 0 Å². The van der Waals surface area contributed by atoms with Gasteiger partial charge in [-0.2, -0.15) is 0 Å². The Labute approximate surface area is 164 Å². The van der Waals surface area contributed by atoms with Crippen LogP contribution in [0.2, 0.25) is 0 Å². The lowest BCUT2D eigenvalue weighted by Gasteiger charge is -2.36. The molecule has 3 heterocycles. The van der Waals surface area contributed by atoms with Gasteiger partial charge in [0.1, 0.15) is 5.82 Å². The third kappa shape index (κ3) is 3.75. The highest BCUT2D eigenvalue weighted by Gasteiger charge is 2.29. The summed E-state index contributed by atoms with van der Waals surface area (Å²) >= 11 is 0. The van der Waals surface area contributed by atoms with E-state index in [1.807, 2.05) is 24.4 Å². The Morgan fingerprint density at radius 3 is 2.64 bits per heavy atom. The van der Waals surface area contributed by atoms with Crippen LogP contribution in [0.4, 0.5) is 11.5 Å². The number of nitrogens with zero attached hydrogens (tertiary/aromatic N) is 3. The first kappa shape index (κ1) is 17.3. The van der Waals surface area contributed by atoms with Crippen molar-refractivity contribution in [2.45, 2.75) is 19.4 Å². The van der Waals surface area contributed by atoms with E-state index in [2.05, 4.69) is 32.2 Å². The topological polar surface area (TPSA) is 66.9 Å². The zero-order valence-corrected chi connectivity index (χ0v) is 15.8. The van der Waals surface area contributed by atoms with Crippen molar-refractivity contribution in [1.82, 2.24) is 9.88 Å². The van der Waals surface area contributed by atoms with Gasteiger partial charge in [-0.15, -0.1) is 0 Å². The fraction of sp³-hybridized carbons (Fsp3) is 0.429. The minimum absolute atomic E-state index is 0.0948. The number of hydrogen-bond donors (Lipinski definition) is 1. The summed E-state index contributed by atoms with van der Waals surface area (Å²) in [4.78, 5) is 21.0. The Hall–Kier alpha value is -2.80. The SMILES string of the molecule is O=C(Nc1ccc(N2CCN(Cc3ccc4c(c3)OCO4)CC2)cn1)C1CC1. The Bertz CT molecular complexity index is 858. The Morgan fingerprint density at radius 1 is 1.07 bits per heavy atom. The van der Waals surface area contributed by atoms with Crippen LogP contribution in [-0.4, -0.2) is 48.8 Å². The van der Waals surface area contributed by atoms with Gasteiger partial charge in [0.15, 0.2) is 11.5 Å². The Balaban J connectivity index is 1.14. The van der Waals surface area contributed by atoms with Crippen molar-refractivity contribution in [2.75, 3.05) is 43.2 Å². The first-order valence-corrected chi connectivity index (χ1v) is 9.87. The van der Waals surface area contributed by atoms with Crippen molar-refractivity contribution in [3.8, 4) is 11.5 Å². The molecule has 1 aromatic heterocycles. The number of anilines is 2. The molecule has 1 saturated heterocycles. The lowest BCUT2D eigenvalue weighted by Crippen LogP contribution is -2.46. The largest absolute Gasteiger partial charge is 0.454 e. The van der Waals surface area contributed by atoms with Gasteiger partial charge in [0.05, 0.1) is 11.9 Å². The molecule has 1 aliphatic carbocycles. The summed E-state index contributed by atoms with van der Waals surface area (Å²) in [6, 6.07) is 10.1. The standard InChI is InChI=1S/C21H24N4O3/c26-21(16-2-3-16)23-20-6-4-17(12-22-20)25-9-7-24(8-10-25)13-15-1-5-18-19(11-15)28-14-27-18/h1,4-6,11-12,16H,2-3,7-10,13-14H2,(H,22,23,26). The average molecular weight is 380 g/mol. The van der Waals surface area contributed by atoms with Crippen LogP contribution in [0.25, 0.3) is 0 Å². The molecule has 3 aliphatic rings. The quantitative estimate of drug-likeness (QED) is 0.860. The molecule has 2 fully saturated rings. The molecule has 1 N–H and O–H groups in total. The summed E-state index contributed by atoms with van der Waals surface area (Å²) in [7, 11) is 0. The van der Waals surface area contributed by atoms with Crippen LogP contribution >= 0.6 is 0 Å². The van der Waals surface area contributed by atoms with E-state index in [0.29, 0.717) is 12.6 Å². The number of amides is 1. The van der Waals surface area contributed by atoms with Gasteiger partial charge in [-0.25, -0.2) is 4.98 Å². The predicted octanol–water partition coefficient (Wildman–Crippen LogP) is 2.48. The van der Waals surface area contributed by atoms with Gasteiger partial charge >= 0.3 is 0 Å². The number of hydrogen-bond acceptors (Lipinski definition) is 6. The number of aromatic nitrogens is 1. The van der Waals surface area contributed by atoms with Crippen molar-refractivity contribution in [3.63, 3.8) is 0 Å². The fourth-order valence-corrected chi connectivity index (χ4v) is 3.68. The van der Waals surface area contributed by atoms with Crippen LogP contribution in [0.3, 0.4) is 0 Å². The summed E-state index contributed by atoms with van der Waals surface area (Å²) in [6.45, 7) is 5.13. The third-order valence-corrected chi connectivity index (χ3v) is 5.53. The van der Waals surface area contributed by atoms with E-state index < -0.39 is 0 Å². The number of piperazine rings is 1. The molecule has 2 aliphatic heterocycles. The lowest BCUT2D eigenvalue weighted by atomic mass is 10.1. The molecule has 7 heteroatoms. The van der Waals surface area contributed by atoms with E-state index >= 15 is 0 Å². The number of carbonyl (C=O) groups is 1. The van der Waals surface area contributed by atoms with Crippen LogP contribution < -0.4 is 19.7 Å². The highest BCUT2D eigenvalue weighted by molar-refractivity contribution is 5.93. The molecule has 1 amide bonds. The highest BCUT2D eigenvalue weighted by atomic mass is 16.7. The van der Waals surface area contributed by atoms with Gasteiger partial charge in [-0.3, -0.25) is 9.69 Å². The molecule has 0 atom stereocenters. The molecular formula is C21H24N4O3. The number of ether oxygens (including phenoxy) is 2. The van der Waals surface area contributed by atoms with Crippen LogP contribution in [0.5, 0.6) is 11.5 Å². The number of rotatable bonds is 5. The van der Waals surface area contributed by atoms with Crippen molar-refractivity contribution in [1.29, 1.82) is 0 Å². The first-order chi connectivity index (χ1) is 13.7. The molecule has 28 heavy (non-hydrogen) atoms. The summed E-state index contributed by atoms with van der Waals surface area (Å²) in [5, 5.41) is 2.89. The van der Waals surface area contributed by atoms with Crippen molar-refractivity contribution >= 4 is 17.4 Å². The van der Waals surface area contributed by atoms with E-state index in [9.17, 15) is 4.79 Å². The average Bonchev–Trinajstić information content (AvgIpc) is 3.48. The van der Waals surface area contributed by atoms with Crippen molar-refractivity contribution in [2.24, 2.45) is 5.92 Å². The second kappa shape index (κ2) is 7.31. The Morgan fingerprint density at radius 2 is 1.89 bits per heavy atom. The molecule has 0 radical (unpaired) electrons. The van der Waals surface area contributed by atoms with Gasteiger partial charge < -0.3 is 19.7 Å². The van der Waals surface area contributed by atoms with Gasteiger partial charge in [-0.1, -0.05) is 6.07 Å². The van der Waals surface area contributed by atoms with E-state index in [0.717, 1.165) is 62.8 Å². The van der Waals surface area contributed by atoms with Crippen molar-refractivity contribution in [3.05, 3.63) is 42.1 Å². The second-order valence-corrected chi connectivity index (χ2v) is 7.62. The minimum Gasteiger partial charge on any atom is -0.454 e. The molecule has 0 unspecified atom stereocenters. The van der Waals surface area contributed by atoms with Gasteiger partial charge in [0, 0.05) is 38.6 Å². The second-order valence-electron chi connectivity index (χ2n) is 7.62. The number of benzene rings is 1. The maximum Gasteiger partial charge on any atom is 0.231 e. The van der Waals surface area contributed by atoms with E-state index in [1.54, 1.807) is 0 Å². The lowest BCUT2D eigenvalue weighted by molar-refractivity contribution is -0.117. The molecule has 1 aromatic carbocycles. The summed E-state index contributed by atoms with van der Waals surface area (Å²) in [6.07, 6.45) is 3.86. The smallest absolute Gasteiger partial charge is 0.231 e. The molecule has 0 spiro atoms. The zero-order chi connectivity index (χ0) is 18.9. The molecule has 146 valence electrons. The Kier molecular flexibility index (Phi) is 4.52. The van der Waals surface area contributed by atoms with E-state index in [-0.39, 0.29) is 11.8 Å². The fourth-order valence-electron chi connectivity index (χ4n) is 3.68. The monoisotopic (exact) mass is 380 g/mol. The minimum atomic E-state index is 0.0948. The summed E-state index contributed by atoms with van der Waals surface area (Å²) in [5.41, 5.74) is 2.35.